The molecule has 0 aromatic heterocycles. The predicted molar refractivity (Wildman–Crippen MR) is 95.7 cm³/mol. The molecule has 1 N–H and O–H groups in total. The van der Waals surface area contributed by atoms with E-state index in [4.69, 9.17) is 9.47 Å². The van der Waals surface area contributed by atoms with Crippen molar-refractivity contribution in [1.29, 1.82) is 0 Å². The number of nitrogens with one attached hydrogen (secondary N) is 1. The third-order valence-corrected chi connectivity index (χ3v) is 4.16. The van der Waals surface area contributed by atoms with Crippen molar-refractivity contribution in [3.8, 4) is 5.75 Å². The molecule has 1 aliphatic heterocycles. The zero-order valence-corrected chi connectivity index (χ0v) is 15.3. The number of ether oxygens (including phenoxy) is 2. The summed E-state index contributed by atoms with van der Waals surface area (Å²) in [7, 11) is 1.54. The second kappa shape index (κ2) is 9.42. The molecule has 6 heteroatoms. The van der Waals surface area contributed by atoms with Gasteiger partial charge in [0.15, 0.2) is 0 Å². The van der Waals surface area contributed by atoms with Crippen LogP contribution in [0.5, 0.6) is 5.75 Å². The molecule has 0 aliphatic carbocycles. The van der Waals surface area contributed by atoms with Crippen molar-refractivity contribution in [2.75, 3.05) is 33.4 Å². The molecule has 0 bridgehead atoms. The molecule has 1 unspecified atom stereocenters. The number of hydrogen-bond donors (Lipinski definition) is 1. The van der Waals surface area contributed by atoms with Crippen molar-refractivity contribution in [3.63, 3.8) is 0 Å². The third-order valence-electron chi connectivity index (χ3n) is 4.16. The minimum Gasteiger partial charge on any atom is -0.493 e. The lowest BCUT2D eigenvalue weighted by molar-refractivity contribution is -0.137. The quantitative estimate of drug-likeness (QED) is 0.819. The second-order valence-electron chi connectivity index (χ2n) is 6.74. The van der Waals surface area contributed by atoms with Crippen LogP contribution in [0, 0.1) is 5.92 Å². The number of carbonyl (C=O) groups is 2. The first kappa shape index (κ1) is 19.2. The minimum atomic E-state index is -0.0823. The fourth-order valence-corrected chi connectivity index (χ4v) is 2.90. The highest BCUT2D eigenvalue weighted by Crippen LogP contribution is 2.19. The molecule has 6 nitrogen and oxygen atoms in total. The Kier molecular flexibility index (Phi) is 7.25. The maximum atomic E-state index is 11.9. The van der Waals surface area contributed by atoms with E-state index in [0.29, 0.717) is 24.6 Å². The van der Waals surface area contributed by atoms with E-state index in [0.717, 1.165) is 25.1 Å². The Labute approximate surface area is 149 Å². The van der Waals surface area contributed by atoms with Crippen LogP contribution in [0.2, 0.25) is 0 Å². The highest BCUT2D eigenvalue weighted by molar-refractivity contribution is 5.94. The predicted octanol–water partition coefficient (Wildman–Crippen LogP) is 2.09. The number of nitrogens with zero attached hydrogens (tertiary/aromatic N) is 1. The van der Waals surface area contributed by atoms with Gasteiger partial charge in [-0.2, -0.15) is 0 Å². The maximum Gasteiger partial charge on any atom is 0.251 e. The summed E-state index contributed by atoms with van der Waals surface area (Å²) in [4.78, 5) is 25.7. The Bertz CT molecular complexity index is 571. The van der Waals surface area contributed by atoms with Gasteiger partial charge in [-0.25, -0.2) is 0 Å². The summed E-state index contributed by atoms with van der Waals surface area (Å²) < 4.78 is 10.8. The van der Waals surface area contributed by atoms with Gasteiger partial charge in [0.2, 0.25) is 5.91 Å². The summed E-state index contributed by atoms with van der Waals surface area (Å²) in [5, 5.41) is 2.86. The monoisotopic (exact) mass is 348 g/mol. The Hall–Kier alpha value is -2.08. The number of methoxy groups -OCH3 is 1. The largest absolute Gasteiger partial charge is 0.493 e. The normalized spacial score (nSPS) is 17.4. The van der Waals surface area contributed by atoms with Crippen LogP contribution in [0.25, 0.3) is 0 Å². The van der Waals surface area contributed by atoms with Gasteiger partial charge in [-0.05, 0) is 51.0 Å². The molecular weight excluding hydrogens is 320 g/mol. The molecule has 0 saturated carbocycles. The van der Waals surface area contributed by atoms with Gasteiger partial charge < -0.3 is 19.7 Å². The number of hydrogen-bond acceptors (Lipinski definition) is 4. The van der Waals surface area contributed by atoms with E-state index in [2.05, 4.69) is 5.32 Å². The minimum absolute atomic E-state index is 0.0349. The molecule has 1 atom stereocenters. The smallest absolute Gasteiger partial charge is 0.251 e. The lowest BCUT2D eigenvalue weighted by Crippen LogP contribution is -2.43. The van der Waals surface area contributed by atoms with Crippen LogP contribution in [0.15, 0.2) is 24.3 Å². The summed E-state index contributed by atoms with van der Waals surface area (Å²) >= 11 is 0. The van der Waals surface area contributed by atoms with E-state index in [-0.39, 0.29) is 24.5 Å². The first-order chi connectivity index (χ1) is 12.0. The summed E-state index contributed by atoms with van der Waals surface area (Å²) in [6.07, 6.45) is 2.03. The van der Waals surface area contributed by atoms with Crippen molar-refractivity contribution in [1.82, 2.24) is 10.2 Å². The maximum absolute atomic E-state index is 11.9. The van der Waals surface area contributed by atoms with Crippen LogP contribution in [0.4, 0.5) is 0 Å². The molecule has 1 saturated heterocycles. The fourth-order valence-electron chi connectivity index (χ4n) is 2.90. The molecule has 0 radical (unpaired) electrons. The van der Waals surface area contributed by atoms with Gasteiger partial charge in [-0.1, -0.05) is 0 Å². The number of carbonyl (C=O) groups excluding carboxylic acids is 2. The highest BCUT2D eigenvalue weighted by Gasteiger charge is 2.23. The molecular formula is C19H28N2O4. The average molecular weight is 348 g/mol. The van der Waals surface area contributed by atoms with E-state index in [9.17, 15) is 9.59 Å². The molecule has 25 heavy (non-hydrogen) atoms. The van der Waals surface area contributed by atoms with E-state index < -0.39 is 0 Å². The third kappa shape index (κ3) is 6.05. The Morgan fingerprint density at radius 1 is 1.28 bits per heavy atom. The van der Waals surface area contributed by atoms with Gasteiger partial charge in [0.1, 0.15) is 12.4 Å². The van der Waals surface area contributed by atoms with Crippen LogP contribution in [0.1, 0.15) is 37.0 Å². The van der Waals surface area contributed by atoms with Crippen molar-refractivity contribution in [2.24, 2.45) is 5.92 Å². The van der Waals surface area contributed by atoms with Crippen molar-refractivity contribution in [2.45, 2.75) is 32.7 Å². The van der Waals surface area contributed by atoms with Crippen LogP contribution in [0.3, 0.4) is 0 Å². The van der Waals surface area contributed by atoms with E-state index in [1.807, 2.05) is 30.9 Å². The summed E-state index contributed by atoms with van der Waals surface area (Å²) in [5.74, 6) is 1.01. The number of likely N-dealkylation sites (tertiary alicyclic amines) is 1. The molecule has 1 aromatic rings. The molecule has 1 fully saturated rings. The van der Waals surface area contributed by atoms with E-state index >= 15 is 0 Å². The van der Waals surface area contributed by atoms with Gasteiger partial charge in [-0.15, -0.1) is 0 Å². The molecule has 0 spiro atoms. The zero-order chi connectivity index (χ0) is 18.2. The van der Waals surface area contributed by atoms with E-state index in [1.54, 1.807) is 12.1 Å². The lowest BCUT2D eigenvalue weighted by atomic mass is 9.99. The van der Waals surface area contributed by atoms with Crippen LogP contribution in [-0.4, -0.2) is 56.2 Å². The lowest BCUT2D eigenvalue weighted by Gasteiger charge is -2.32. The fraction of sp³-hybridized carbons (Fsp3) is 0.579. The first-order valence-electron chi connectivity index (χ1n) is 8.80. The molecule has 1 heterocycles. The number of amides is 2. The Balaban J connectivity index is 1.82. The molecule has 1 aromatic carbocycles. The van der Waals surface area contributed by atoms with Crippen LogP contribution < -0.4 is 10.1 Å². The summed E-state index contributed by atoms with van der Waals surface area (Å²) in [6.45, 7) is 6.05. The molecule has 138 valence electrons. The molecule has 1 aliphatic rings. The summed E-state index contributed by atoms with van der Waals surface area (Å²) in [6, 6.07) is 7.26. The Morgan fingerprint density at radius 2 is 2.00 bits per heavy atom. The van der Waals surface area contributed by atoms with E-state index in [1.165, 1.54) is 7.11 Å². The SMILES string of the molecule is COCC(=O)N1CCCC(COc2ccc(C(=O)NC(C)C)cc2)C1. The first-order valence-corrected chi connectivity index (χ1v) is 8.80. The molecule has 2 amide bonds. The number of benzene rings is 1. The summed E-state index contributed by atoms with van der Waals surface area (Å²) in [5.41, 5.74) is 0.620. The van der Waals surface area contributed by atoms with Gasteiger partial charge in [0.25, 0.3) is 5.91 Å². The van der Waals surface area contributed by atoms with Gasteiger partial charge in [0.05, 0.1) is 6.61 Å². The highest BCUT2D eigenvalue weighted by atomic mass is 16.5. The topological polar surface area (TPSA) is 67.9 Å². The average Bonchev–Trinajstić information content (AvgIpc) is 2.60. The molecule has 2 rings (SSSR count). The zero-order valence-electron chi connectivity index (χ0n) is 15.3. The van der Waals surface area contributed by atoms with Gasteiger partial charge in [-0.3, -0.25) is 9.59 Å². The van der Waals surface area contributed by atoms with Crippen molar-refractivity contribution >= 4 is 11.8 Å². The Morgan fingerprint density at radius 3 is 2.64 bits per heavy atom. The van der Waals surface area contributed by atoms with Crippen LogP contribution in [-0.2, 0) is 9.53 Å². The van der Waals surface area contributed by atoms with Crippen molar-refractivity contribution < 1.29 is 19.1 Å². The van der Waals surface area contributed by atoms with Crippen LogP contribution >= 0.6 is 0 Å². The van der Waals surface area contributed by atoms with Gasteiger partial charge >= 0.3 is 0 Å². The number of piperidine rings is 1. The standard InChI is InChI=1S/C19H28N2O4/c1-14(2)20-19(23)16-6-8-17(9-7-16)25-12-15-5-4-10-21(11-15)18(22)13-24-3/h6-9,14-15H,4-5,10-13H2,1-3H3,(H,20,23). The second-order valence-corrected chi connectivity index (χ2v) is 6.74. The van der Waals surface area contributed by atoms with Crippen molar-refractivity contribution in [3.05, 3.63) is 29.8 Å². The number of rotatable bonds is 7. The van der Waals surface area contributed by atoms with Gasteiger partial charge in [0, 0.05) is 37.7 Å².